The molecule has 0 unspecified atom stereocenters. The van der Waals surface area contributed by atoms with Gasteiger partial charge in [-0.1, -0.05) is 41.4 Å². The van der Waals surface area contributed by atoms with E-state index in [0.29, 0.717) is 15.5 Å². The van der Waals surface area contributed by atoms with E-state index in [2.05, 4.69) is 0 Å². The quantitative estimate of drug-likeness (QED) is 0.535. The monoisotopic (exact) mass is 381 g/mol. The normalized spacial score (nSPS) is 12.9. The van der Waals surface area contributed by atoms with Crippen LogP contribution in [0.1, 0.15) is 27.6 Å². The summed E-state index contributed by atoms with van der Waals surface area (Å²) in [6.07, 6.45) is -0.0477. The summed E-state index contributed by atoms with van der Waals surface area (Å²) < 4.78 is 4.70. The first-order valence-corrected chi connectivity index (χ1v) is 8.61. The van der Waals surface area contributed by atoms with Crippen molar-refractivity contribution in [1.82, 2.24) is 0 Å². The van der Waals surface area contributed by atoms with Crippen molar-refractivity contribution in [2.24, 2.45) is 5.92 Å². The van der Waals surface area contributed by atoms with Gasteiger partial charge in [-0.3, -0.25) is 9.59 Å². The van der Waals surface area contributed by atoms with Gasteiger partial charge >= 0.3 is 5.97 Å². The maximum absolute atomic E-state index is 12.5. The van der Waals surface area contributed by atoms with Crippen LogP contribution in [0.25, 0.3) is 0 Å². The van der Waals surface area contributed by atoms with Crippen molar-refractivity contribution >= 4 is 46.3 Å². The Labute approximate surface area is 153 Å². The van der Waals surface area contributed by atoms with E-state index in [1.165, 1.54) is 18.4 Å². The van der Waals surface area contributed by atoms with E-state index in [-0.39, 0.29) is 17.2 Å². The van der Waals surface area contributed by atoms with Crippen LogP contribution < -0.4 is 0 Å². The average molecular weight is 382 g/mol. The Kier molecular flexibility index (Phi) is 6.38. The van der Waals surface area contributed by atoms with Gasteiger partial charge in [0.15, 0.2) is 11.7 Å². The van der Waals surface area contributed by atoms with Gasteiger partial charge in [0.05, 0.1) is 28.1 Å². The smallest absolute Gasteiger partial charge is 0.323 e. The standard InChI is InChI=1S/C17H13Cl2NO3S/c1-23-17(22)12(9-20)11(8-14(21)15-6-3-7-24-15)10-4-2-5-13(18)16(10)19/h2-7,11-12H,8H2,1H3/t11-,12-/m0/s1. The van der Waals surface area contributed by atoms with Crippen molar-refractivity contribution in [3.05, 3.63) is 56.2 Å². The zero-order valence-electron chi connectivity index (χ0n) is 12.7. The number of halogens is 2. The molecule has 0 saturated heterocycles. The molecule has 0 aliphatic heterocycles. The molecule has 124 valence electrons. The van der Waals surface area contributed by atoms with E-state index in [4.69, 9.17) is 27.9 Å². The second kappa shape index (κ2) is 8.29. The number of hydrogen-bond acceptors (Lipinski definition) is 5. The van der Waals surface area contributed by atoms with Crippen LogP contribution in [0.5, 0.6) is 0 Å². The molecule has 24 heavy (non-hydrogen) atoms. The van der Waals surface area contributed by atoms with E-state index >= 15 is 0 Å². The predicted molar refractivity (Wildman–Crippen MR) is 93.6 cm³/mol. The lowest BCUT2D eigenvalue weighted by Gasteiger charge is -2.21. The molecular formula is C17H13Cl2NO3S. The molecule has 0 bridgehead atoms. The molecule has 1 aromatic carbocycles. The third-order valence-corrected chi connectivity index (χ3v) is 5.32. The molecule has 0 radical (unpaired) electrons. The Bertz CT molecular complexity index is 784. The van der Waals surface area contributed by atoms with Gasteiger partial charge < -0.3 is 4.74 Å². The van der Waals surface area contributed by atoms with Gasteiger partial charge in [0.25, 0.3) is 0 Å². The van der Waals surface area contributed by atoms with Gasteiger partial charge in [-0.15, -0.1) is 11.3 Å². The van der Waals surface area contributed by atoms with Crippen LogP contribution in [0.15, 0.2) is 35.7 Å². The largest absolute Gasteiger partial charge is 0.468 e. The number of carbonyl (C=O) groups is 2. The van der Waals surface area contributed by atoms with Crippen LogP contribution in [0, 0.1) is 17.2 Å². The summed E-state index contributed by atoms with van der Waals surface area (Å²) in [5.41, 5.74) is 0.478. The number of rotatable bonds is 6. The summed E-state index contributed by atoms with van der Waals surface area (Å²) in [5, 5.41) is 11.7. The molecule has 0 amide bonds. The summed E-state index contributed by atoms with van der Waals surface area (Å²) >= 11 is 13.6. The molecule has 2 aromatic rings. The Morgan fingerprint density at radius 3 is 2.62 bits per heavy atom. The van der Waals surface area contributed by atoms with Crippen LogP contribution in [-0.2, 0) is 9.53 Å². The zero-order valence-corrected chi connectivity index (χ0v) is 15.0. The first-order valence-electron chi connectivity index (χ1n) is 6.97. The molecule has 0 N–H and O–H groups in total. The highest BCUT2D eigenvalue weighted by Crippen LogP contribution is 2.38. The molecule has 0 fully saturated rings. The molecular weight excluding hydrogens is 369 g/mol. The van der Waals surface area contributed by atoms with Crippen LogP contribution in [0.4, 0.5) is 0 Å². The van der Waals surface area contributed by atoms with Gasteiger partial charge in [-0.25, -0.2) is 0 Å². The molecule has 2 atom stereocenters. The molecule has 0 spiro atoms. The topological polar surface area (TPSA) is 67.2 Å². The Morgan fingerprint density at radius 1 is 1.29 bits per heavy atom. The number of methoxy groups -OCH3 is 1. The van der Waals surface area contributed by atoms with Gasteiger partial charge in [0.2, 0.25) is 0 Å². The first kappa shape index (κ1) is 18.5. The van der Waals surface area contributed by atoms with Crippen molar-refractivity contribution in [1.29, 1.82) is 5.26 Å². The summed E-state index contributed by atoms with van der Waals surface area (Å²) in [5.74, 6) is -2.79. The minimum atomic E-state index is -1.16. The number of nitriles is 1. The number of thiophene rings is 1. The molecule has 7 heteroatoms. The lowest BCUT2D eigenvalue weighted by molar-refractivity contribution is -0.144. The van der Waals surface area contributed by atoms with Crippen molar-refractivity contribution < 1.29 is 14.3 Å². The minimum absolute atomic E-state index is 0.0477. The van der Waals surface area contributed by atoms with Crippen molar-refractivity contribution in [3.63, 3.8) is 0 Å². The van der Waals surface area contributed by atoms with Crippen LogP contribution in [0.3, 0.4) is 0 Å². The van der Waals surface area contributed by atoms with E-state index in [1.54, 1.807) is 35.7 Å². The molecule has 0 aliphatic carbocycles. The fourth-order valence-electron chi connectivity index (χ4n) is 2.39. The Hall–Kier alpha value is -1.87. The minimum Gasteiger partial charge on any atom is -0.468 e. The van der Waals surface area contributed by atoms with Crippen molar-refractivity contribution in [3.8, 4) is 6.07 Å². The number of hydrogen-bond donors (Lipinski definition) is 0. The SMILES string of the molecule is COC(=O)[C@@H](C#N)[C@@H](CC(=O)c1cccs1)c1cccc(Cl)c1Cl. The highest BCUT2D eigenvalue weighted by Gasteiger charge is 2.34. The fraction of sp³-hybridized carbons (Fsp3) is 0.235. The van der Waals surface area contributed by atoms with E-state index in [9.17, 15) is 14.9 Å². The number of ketones is 1. The predicted octanol–water partition coefficient (Wildman–Crippen LogP) is 4.72. The second-order valence-electron chi connectivity index (χ2n) is 4.98. The number of carbonyl (C=O) groups excluding carboxylic acids is 2. The molecule has 4 nitrogen and oxygen atoms in total. The number of nitrogens with zero attached hydrogens (tertiary/aromatic N) is 1. The molecule has 0 saturated carbocycles. The van der Waals surface area contributed by atoms with E-state index < -0.39 is 17.8 Å². The van der Waals surface area contributed by atoms with E-state index in [1.807, 2.05) is 6.07 Å². The number of benzene rings is 1. The maximum Gasteiger partial charge on any atom is 0.323 e. The summed E-state index contributed by atoms with van der Waals surface area (Å²) in [6.45, 7) is 0. The summed E-state index contributed by atoms with van der Waals surface area (Å²) in [4.78, 5) is 25.0. The molecule has 2 rings (SSSR count). The van der Waals surface area contributed by atoms with Crippen molar-refractivity contribution in [2.75, 3.05) is 7.11 Å². The van der Waals surface area contributed by atoms with Crippen molar-refractivity contribution in [2.45, 2.75) is 12.3 Å². The Morgan fingerprint density at radius 2 is 2.04 bits per heavy atom. The van der Waals surface area contributed by atoms with Crippen LogP contribution >= 0.6 is 34.5 Å². The zero-order chi connectivity index (χ0) is 17.7. The van der Waals surface area contributed by atoms with Gasteiger partial charge in [0, 0.05) is 12.3 Å². The number of esters is 1. The van der Waals surface area contributed by atoms with Crippen LogP contribution in [0.2, 0.25) is 10.0 Å². The summed E-state index contributed by atoms with van der Waals surface area (Å²) in [7, 11) is 1.20. The number of Topliss-reactive ketones (excluding diaryl/α,β-unsaturated/α-hetero) is 1. The van der Waals surface area contributed by atoms with Gasteiger partial charge in [-0.05, 0) is 23.1 Å². The van der Waals surface area contributed by atoms with E-state index in [0.717, 1.165) is 0 Å². The first-order chi connectivity index (χ1) is 11.5. The molecule has 1 aromatic heterocycles. The summed E-state index contributed by atoms with van der Waals surface area (Å²) in [6, 6.07) is 10.3. The Balaban J connectivity index is 2.45. The number of ether oxygens (including phenoxy) is 1. The fourth-order valence-corrected chi connectivity index (χ4v) is 3.51. The van der Waals surface area contributed by atoms with Crippen LogP contribution in [-0.4, -0.2) is 18.9 Å². The van der Waals surface area contributed by atoms with Gasteiger partial charge in [0.1, 0.15) is 0 Å². The highest BCUT2D eigenvalue weighted by atomic mass is 35.5. The third kappa shape index (κ3) is 3.96. The highest BCUT2D eigenvalue weighted by molar-refractivity contribution is 7.12. The molecule has 0 aliphatic rings. The third-order valence-electron chi connectivity index (χ3n) is 3.58. The second-order valence-corrected chi connectivity index (χ2v) is 6.72. The molecule has 1 heterocycles. The average Bonchev–Trinajstić information content (AvgIpc) is 3.11. The lowest BCUT2D eigenvalue weighted by atomic mass is 9.82. The van der Waals surface area contributed by atoms with Gasteiger partial charge in [-0.2, -0.15) is 5.26 Å². The maximum atomic E-state index is 12.5. The lowest BCUT2D eigenvalue weighted by Crippen LogP contribution is -2.24.